The Balaban J connectivity index is 2.25. The van der Waals surface area contributed by atoms with Gasteiger partial charge in [-0.05, 0) is 37.5 Å². The normalized spacial score (nSPS) is 14.9. The van der Waals surface area contributed by atoms with Crippen LogP contribution >= 0.6 is 11.6 Å². The maximum absolute atomic E-state index is 12.6. The molecule has 0 atom stereocenters. The Morgan fingerprint density at radius 1 is 1.53 bits per heavy atom. The number of rotatable bonds is 5. The minimum absolute atomic E-state index is 0.0296. The van der Waals surface area contributed by atoms with E-state index in [0.717, 1.165) is 19.3 Å². The number of carbonyl (C=O) groups is 1. The molecule has 0 unspecified atom stereocenters. The molecule has 0 spiro atoms. The second kappa shape index (κ2) is 6.26. The average molecular weight is 284 g/mol. The van der Waals surface area contributed by atoms with Crippen LogP contribution in [-0.4, -0.2) is 42.2 Å². The first-order valence-electron chi connectivity index (χ1n) is 6.42. The molecule has 1 N–H and O–H groups in total. The van der Waals surface area contributed by atoms with E-state index in [4.69, 9.17) is 21.4 Å². The lowest BCUT2D eigenvalue weighted by molar-refractivity contribution is 0.0522. The van der Waals surface area contributed by atoms with E-state index in [2.05, 4.69) is 0 Å². The number of ether oxygens (including phenoxy) is 1. The Hall–Kier alpha value is -1.26. The Bertz CT molecular complexity index is 460. The van der Waals surface area contributed by atoms with Crippen LogP contribution in [0.1, 0.15) is 29.6 Å². The van der Waals surface area contributed by atoms with Gasteiger partial charge in [-0.25, -0.2) is 0 Å². The van der Waals surface area contributed by atoms with E-state index in [0.29, 0.717) is 22.9 Å². The van der Waals surface area contributed by atoms with Gasteiger partial charge in [0.05, 0.1) is 19.3 Å². The van der Waals surface area contributed by atoms with Crippen molar-refractivity contribution in [1.29, 1.82) is 0 Å². The van der Waals surface area contributed by atoms with Crippen molar-refractivity contribution in [3.63, 3.8) is 0 Å². The zero-order valence-electron chi connectivity index (χ0n) is 10.9. The highest BCUT2D eigenvalue weighted by atomic mass is 35.5. The Labute approximate surface area is 117 Å². The third kappa shape index (κ3) is 3.01. The van der Waals surface area contributed by atoms with Gasteiger partial charge in [-0.15, -0.1) is 0 Å². The van der Waals surface area contributed by atoms with E-state index in [9.17, 15) is 4.79 Å². The monoisotopic (exact) mass is 283 g/mol. The Kier molecular flexibility index (Phi) is 4.66. The predicted octanol–water partition coefficient (Wildman–Crippen LogP) is 2.34. The van der Waals surface area contributed by atoms with Crippen LogP contribution in [0.4, 0.5) is 0 Å². The van der Waals surface area contributed by atoms with Gasteiger partial charge in [-0.2, -0.15) is 0 Å². The average Bonchev–Trinajstić information content (AvgIpc) is 2.35. The lowest BCUT2D eigenvalue weighted by Crippen LogP contribution is -2.45. The SMILES string of the molecule is COc1cc(Cl)ccc1C(=O)N(CCO)C1CCC1. The summed E-state index contributed by atoms with van der Waals surface area (Å²) >= 11 is 5.90. The summed E-state index contributed by atoms with van der Waals surface area (Å²) in [4.78, 5) is 14.3. The van der Waals surface area contributed by atoms with Gasteiger partial charge < -0.3 is 14.7 Å². The van der Waals surface area contributed by atoms with Gasteiger partial charge in [0.25, 0.3) is 5.91 Å². The molecule has 0 radical (unpaired) electrons. The number of hydrogen-bond acceptors (Lipinski definition) is 3. The second-order valence-electron chi connectivity index (χ2n) is 4.65. The van der Waals surface area contributed by atoms with E-state index in [1.807, 2.05) is 0 Å². The first-order valence-corrected chi connectivity index (χ1v) is 6.80. The molecule has 0 bridgehead atoms. The standard InChI is InChI=1S/C14H18ClNO3/c1-19-13-9-10(15)5-6-12(13)14(18)16(7-8-17)11-3-2-4-11/h5-6,9,11,17H,2-4,7-8H2,1H3. The summed E-state index contributed by atoms with van der Waals surface area (Å²) in [5.41, 5.74) is 0.493. The van der Waals surface area contributed by atoms with Crippen molar-refractivity contribution in [2.75, 3.05) is 20.3 Å². The van der Waals surface area contributed by atoms with Crippen LogP contribution in [0, 0.1) is 0 Å². The highest BCUT2D eigenvalue weighted by Crippen LogP contribution is 2.29. The van der Waals surface area contributed by atoms with Crippen LogP contribution in [0.2, 0.25) is 5.02 Å². The van der Waals surface area contributed by atoms with Crippen LogP contribution in [0.25, 0.3) is 0 Å². The molecule has 19 heavy (non-hydrogen) atoms. The van der Waals surface area contributed by atoms with Gasteiger partial charge in [0.2, 0.25) is 0 Å². The van der Waals surface area contributed by atoms with Crippen molar-refractivity contribution < 1.29 is 14.6 Å². The molecule has 2 rings (SSSR count). The van der Waals surface area contributed by atoms with Crippen LogP contribution in [0.3, 0.4) is 0 Å². The Morgan fingerprint density at radius 2 is 2.26 bits per heavy atom. The summed E-state index contributed by atoms with van der Waals surface area (Å²) in [7, 11) is 1.52. The lowest BCUT2D eigenvalue weighted by atomic mass is 9.91. The molecular formula is C14H18ClNO3. The zero-order valence-corrected chi connectivity index (χ0v) is 11.7. The van der Waals surface area contributed by atoms with Crippen molar-refractivity contribution in [3.8, 4) is 5.75 Å². The molecular weight excluding hydrogens is 266 g/mol. The lowest BCUT2D eigenvalue weighted by Gasteiger charge is -2.37. The molecule has 1 saturated carbocycles. The number of benzene rings is 1. The van der Waals surface area contributed by atoms with E-state index < -0.39 is 0 Å². The molecule has 0 saturated heterocycles. The van der Waals surface area contributed by atoms with Crippen molar-refractivity contribution in [2.24, 2.45) is 0 Å². The van der Waals surface area contributed by atoms with Crippen molar-refractivity contribution >= 4 is 17.5 Å². The molecule has 0 aromatic heterocycles. The minimum Gasteiger partial charge on any atom is -0.496 e. The number of hydrogen-bond donors (Lipinski definition) is 1. The van der Waals surface area contributed by atoms with Crippen LogP contribution in [0.5, 0.6) is 5.75 Å². The van der Waals surface area contributed by atoms with Crippen LogP contribution in [0.15, 0.2) is 18.2 Å². The number of halogens is 1. The molecule has 1 aliphatic rings. The van der Waals surface area contributed by atoms with Gasteiger partial charge in [0, 0.05) is 17.6 Å². The fourth-order valence-corrected chi connectivity index (χ4v) is 2.41. The van der Waals surface area contributed by atoms with E-state index >= 15 is 0 Å². The number of aliphatic hydroxyl groups excluding tert-OH is 1. The van der Waals surface area contributed by atoms with E-state index in [-0.39, 0.29) is 18.6 Å². The maximum atomic E-state index is 12.6. The third-order valence-electron chi connectivity index (χ3n) is 3.51. The quantitative estimate of drug-likeness (QED) is 0.902. The van der Waals surface area contributed by atoms with E-state index in [1.165, 1.54) is 7.11 Å². The summed E-state index contributed by atoms with van der Waals surface area (Å²) in [6, 6.07) is 5.22. The molecule has 1 fully saturated rings. The maximum Gasteiger partial charge on any atom is 0.257 e. The summed E-state index contributed by atoms with van der Waals surface area (Å²) in [6.45, 7) is 0.327. The van der Waals surface area contributed by atoms with Gasteiger partial charge in [0.15, 0.2) is 0 Å². The molecule has 4 nitrogen and oxygen atoms in total. The molecule has 1 amide bonds. The number of amides is 1. The summed E-state index contributed by atoms with van der Waals surface area (Å²) in [6.07, 6.45) is 3.14. The molecule has 0 heterocycles. The fraction of sp³-hybridized carbons (Fsp3) is 0.500. The molecule has 5 heteroatoms. The third-order valence-corrected chi connectivity index (χ3v) is 3.75. The van der Waals surface area contributed by atoms with Crippen molar-refractivity contribution in [1.82, 2.24) is 4.90 Å². The predicted molar refractivity (Wildman–Crippen MR) is 73.8 cm³/mol. The van der Waals surface area contributed by atoms with Gasteiger partial charge >= 0.3 is 0 Å². The molecule has 1 aromatic carbocycles. The van der Waals surface area contributed by atoms with E-state index in [1.54, 1.807) is 23.1 Å². The first kappa shape index (κ1) is 14.2. The largest absolute Gasteiger partial charge is 0.496 e. The highest BCUT2D eigenvalue weighted by molar-refractivity contribution is 6.30. The molecule has 1 aromatic rings. The van der Waals surface area contributed by atoms with Gasteiger partial charge in [-0.3, -0.25) is 4.79 Å². The first-order chi connectivity index (χ1) is 9.17. The number of aliphatic hydroxyl groups is 1. The van der Waals surface area contributed by atoms with Crippen LogP contribution in [-0.2, 0) is 0 Å². The highest BCUT2D eigenvalue weighted by Gasteiger charge is 2.30. The van der Waals surface area contributed by atoms with Crippen molar-refractivity contribution in [2.45, 2.75) is 25.3 Å². The Morgan fingerprint density at radius 3 is 2.79 bits per heavy atom. The summed E-state index contributed by atoms with van der Waals surface area (Å²) in [5.74, 6) is 0.368. The number of carbonyl (C=O) groups excluding carboxylic acids is 1. The summed E-state index contributed by atoms with van der Waals surface area (Å²) < 4.78 is 5.21. The molecule has 1 aliphatic carbocycles. The van der Waals surface area contributed by atoms with Crippen LogP contribution < -0.4 is 4.74 Å². The second-order valence-corrected chi connectivity index (χ2v) is 5.09. The van der Waals surface area contributed by atoms with Gasteiger partial charge in [0.1, 0.15) is 5.75 Å². The number of methoxy groups -OCH3 is 1. The smallest absolute Gasteiger partial charge is 0.257 e. The minimum atomic E-state index is -0.104. The molecule has 104 valence electrons. The van der Waals surface area contributed by atoms with Crippen molar-refractivity contribution in [3.05, 3.63) is 28.8 Å². The number of nitrogens with zero attached hydrogens (tertiary/aromatic N) is 1. The van der Waals surface area contributed by atoms with Gasteiger partial charge in [-0.1, -0.05) is 11.6 Å². The molecule has 0 aliphatic heterocycles. The topological polar surface area (TPSA) is 49.8 Å². The summed E-state index contributed by atoms with van der Waals surface area (Å²) in [5, 5.41) is 9.66. The zero-order chi connectivity index (χ0) is 13.8. The fourth-order valence-electron chi connectivity index (χ4n) is 2.25.